The predicted molar refractivity (Wildman–Crippen MR) is 299 cm³/mol. The Hall–Kier alpha value is -3.54. The molecule has 1 fully saturated rings. The molecule has 1 aliphatic heterocycles. The van der Waals surface area contributed by atoms with E-state index in [1.165, 1.54) is 57.4 Å². The van der Waals surface area contributed by atoms with Crippen molar-refractivity contribution in [1.29, 1.82) is 0 Å². The number of aromatic nitrogens is 2. The maximum Gasteiger partial charge on any atom is 0.481 e. The lowest BCUT2D eigenvalue weighted by atomic mass is 10.0. The first-order valence-corrected chi connectivity index (χ1v) is 31.5. The van der Waals surface area contributed by atoms with E-state index in [1.807, 2.05) is 18.2 Å². The van der Waals surface area contributed by atoms with Crippen molar-refractivity contribution in [3.8, 4) is 0 Å². The number of carboxylic acid groups (broad SMARTS) is 1. The number of nitrogen functional groups attached to an aromatic ring is 1. The second-order valence-electron chi connectivity index (χ2n) is 19.8. The summed E-state index contributed by atoms with van der Waals surface area (Å²) in [5.41, 5.74) is 10.8. The summed E-state index contributed by atoms with van der Waals surface area (Å²) in [6.45, 7) is 3.94. The van der Waals surface area contributed by atoms with Gasteiger partial charge in [-0.05, 0) is 50.5 Å². The SMILES string of the molecule is CCCCC/C=C\C\C=C/C=C/C=C/[C@@H](SC[C@H](N)C(=O)O[C@H](COC(=O)CCCCCCCCCCCCCCC(C)C)COP(=O)(O)OP(=O)(O)OC[C@H]1O[C@@H](n2ccc(N)nc2=O)[C@H](O)[C@@H]1O)[C@@H](O)CCCC(=O)O. The Balaban J connectivity index is 2.05. The quantitative estimate of drug-likeness (QED) is 0.00997. The standard InChI is InChI=1S/C53H90N4O18P2S/c1-4-5-6-7-8-9-10-14-17-20-23-26-31-45(43(58)30-28-32-47(59)60)78-39-42(54)52(64)73-41(36-70-48(61)33-27-24-21-18-15-12-11-13-16-19-22-25-29-40(2)3)37-71-76(66,67)75-77(68,69)72-38-44-49(62)50(63)51(74-44)57-35-34-46(55)56-53(57)65/h8-9,14,17,20,23,26,31,34-35,40-45,49-51,58,62-63H,4-7,10-13,15-16,18-19,21-22,24-25,27-30,32-33,36-39,54H2,1-3H3,(H,59,60)(H,66,67)(H,68,69)(H2,55,56,65)/b9-8-,17-14-,23-20+,31-26+/t41-,42+,43+,44-,45-,49-,50-,51-/m1/s1. The molecule has 0 saturated carbocycles. The van der Waals surface area contributed by atoms with Gasteiger partial charge in [-0.25, -0.2) is 13.9 Å². The number of aliphatic hydroxyl groups is 3. The molecule has 1 aromatic heterocycles. The molecule has 10 atom stereocenters. The number of rotatable bonds is 45. The normalized spacial score (nSPS) is 20.1. The Labute approximate surface area is 464 Å². The molecule has 0 aliphatic carbocycles. The van der Waals surface area contributed by atoms with Crippen molar-refractivity contribution in [1.82, 2.24) is 9.55 Å². The molecular weight excluding hydrogens is 1070 g/mol. The molecule has 1 saturated heterocycles. The first-order chi connectivity index (χ1) is 37.1. The van der Waals surface area contributed by atoms with Crippen LogP contribution in [0.2, 0.25) is 0 Å². The van der Waals surface area contributed by atoms with E-state index >= 15 is 0 Å². The van der Waals surface area contributed by atoms with E-state index in [-0.39, 0.29) is 37.3 Å². The number of aliphatic carboxylic acids is 1. The first-order valence-electron chi connectivity index (χ1n) is 27.4. The molecule has 2 unspecified atom stereocenters. The van der Waals surface area contributed by atoms with Crippen LogP contribution < -0.4 is 17.2 Å². The highest BCUT2D eigenvalue weighted by atomic mass is 32.2. The average molecular weight is 1170 g/mol. The van der Waals surface area contributed by atoms with Gasteiger partial charge in [0.2, 0.25) is 0 Å². The van der Waals surface area contributed by atoms with Crippen molar-refractivity contribution in [2.24, 2.45) is 11.7 Å². The molecule has 2 heterocycles. The highest BCUT2D eigenvalue weighted by Crippen LogP contribution is 2.60. The van der Waals surface area contributed by atoms with E-state index in [4.69, 9.17) is 39.8 Å². The number of hydrogen-bond acceptors (Lipinski definition) is 19. The fraction of sp³-hybridized carbons (Fsp3) is 0.717. The van der Waals surface area contributed by atoms with Crippen LogP contribution in [0.3, 0.4) is 0 Å². The molecule has 0 aromatic carbocycles. The lowest BCUT2D eigenvalue weighted by molar-refractivity contribution is -0.161. The number of allylic oxidation sites excluding steroid dienone is 7. The number of nitrogens with zero attached hydrogens (tertiary/aromatic N) is 2. The molecule has 0 bridgehead atoms. The first kappa shape index (κ1) is 70.6. The summed E-state index contributed by atoms with van der Waals surface area (Å²) < 4.78 is 57.1. The molecule has 22 nitrogen and oxygen atoms in total. The van der Waals surface area contributed by atoms with Crippen molar-refractivity contribution in [3.05, 3.63) is 71.4 Å². The van der Waals surface area contributed by atoms with Gasteiger partial charge in [-0.15, -0.1) is 11.8 Å². The van der Waals surface area contributed by atoms with Gasteiger partial charge in [0.05, 0.1) is 19.3 Å². The molecule has 10 N–H and O–H groups in total. The van der Waals surface area contributed by atoms with Crippen LogP contribution in [-0.4, -0.2) is 125 Å². The van der Waals surface area contributed by atoms with E-state index in [1.54, 1.807) is 18.2 Å². The van der Waals surface area contributed by atoms with Crippen molar-refractivity contribution in [2.75, 3.05) is 31.3 Å². The molecule has 25 heteroatoms. The van der Waals surface area contributed by atoms with Crippen molar-refractivity contribution in [2.45, 2.75) is 210 Å². The monoisotopic (exact) mass is 1160 g/mol. The Bertz CT molecular complexity index is 2150. The largest absolute Gasteiger partial charge is 0.481 e. The summed E-state index contributed by atoms with van der Waals surface area (Å²) in [5, 5.41) is 40.5. The third-order valence-electron chi connectivity index (χ3n) is 12.3. The third-order valence-corrected chi connectivity index (χ3v) is 16.4. The molecule has 1 aliphatic rings. The van der Waals surface area contributed by atoms with Crippen LogP contribution in [0.4, 0.5) is 5.82 Å². The van der Waals surface area contributed by atoms with Crippen LogP contribution in [0.1, 0.15) is 168 Å². The maximum absolute atomic E-state index is 13.4. The van der Waals surface area contributed by atoms with Crippen molar-refractivity contribution < 1.29 is 81.3 Å². The number of anilines is 1. The van der Waals surface area contributed by atoms with E-state index < -0.39 is 107 Å². The molecule has 0 radical (unpaired) electrons. The smallest absolute Gasteiger partial charge is 0.481 e. The summed E-state index contributed by atoms with van der Waals surface area (Å²) in [7, 11) is -11.1. The second kappa shape index (κ2) is 40.6. The highest BCUT2D eigenvalue weighted by molar-refractivity contribution is 8.00. The summed E-state index contributed by atoms with van der Waals surface area (Å²) in [5.74, 6) is -2.27. The number of unbranched alkanes of at least 4 members (excludes halogenated alkanes) is 14. The number of hydrogen-bond donors (Lipinski definition) is 8. The molecule has 0 amide bonds. The maximum atomic E-state index is 13.4. The van der Waals surface area contributed by atoms with Gasteiger partial charge >= 0.3 is 39.2 Å². The average Bonchev–Trinajstić information content (AvgIpc) is 3.66. The molecule has 0 spiro atoms. The number of ether oxygens (including phenoxy) is 3. The van der Waals surface area contributed by atoms with Gasteiger partial charge in [-0.2, -0.15) is 9.29 Å². The number of esters is 2. The minimum Gasteiger partial charge on any atom is -0.481 e. The number of phosphoric ester groups is 2. The van der Waals surface area contributed by atoms with Crippen LogP contribution in [-0.2, 0) is 51.1 Å². The van der Waals surface area contributed by atoms with E-state index in [9.17, 15) is 53.4 Å². The summed E-state index contributed by atoms with van der Waals surface area (Å²) in [6, 6.07) is -0.160. The van der Waals surface area contributed by atoms with Gasteiger partial charge in [0.15, 0.2) is 12.3 Å². The minimum absolute atomic E-state index is 0.0254. The van der Waals surface area contributed by atoms with Crippen LogP contribution in [0.15, 0.2) is 65.7 Å². The number of nitrogens with two attached hydrogens (primary N) is 2. The fourth-order valence-corrected chi connectivity index (χ4v) is 11.2. The molecule has 78 heavy (non-hydrogen) atoms. The number of carbonyl (C=O) groups excluding carboxylic acids is 2. The topological polar surface area (TPSA) is 349 Å². The molecule has 446 valence electrons. The molecule has 1 aromatic rings. The Morgan fingerprint density at radius 1 is 0.821 bits per heavy atom. The van der Waals surface area contributed by atoms with E-state index in [2.05, 4.69) is 42.2 Å². The summed E-state index contributed by atoms with van der Waals surface area (Å²) in [4.78, 5) is 74.1. The van der Waals surface area contributed by atoms with E-state index in [0.717, 1.165) is 86.2 Å². The zero-order valence-corrected chi connectivity index (χ0v) is 48.4. The predicted octanol–water partition coefficient (Wildman–Crippen LogP) is 8.51. The van der Waals surface area contributed by atoms with Crippen LogP contribution in [0.5, 0.6) is 0 Å². The van der Waals surface area contributed by atoms with Crippen molar-refractivity contribution in [3.63, 3.8) is 0 Å². The van der Waals surface area contributed by atoms with E-state index in [0.29, 0.717) is 6.42 Å². The van der Waals surface area contributed by atoms with Gasteiger partial charge in [-0.3, -0.25) is 28.0 Å². The van der Waals surface area contributed by atoms with Gasteiger partial charge in [0.25, 0.3) is 0 Å². The lowest BCUT2D eigenvalue weighted by Gasteiger charge is -2.23. The zero-order valence-electron chi connectivity index (χ0n) is 45.8. The molecular formula is C53H90N4O18P2S. The summed E-state index contributed by atoms with van der Waals surface area (Å²) >= 11 is 1.09. The van der Waals surface area contributed by atoms with Gasteiger partial charge in [0, 0.05) is 30.0 Å². The van der Waals surface area contributed by atoms with Gasteiger partial charge in [-0.1, -0.05) is 159 Å². The number of thioether (sulfide) groups is 1. The number of carbonyl (C=O) groups is 3. The van der Waals surface area contributed by atoms with Crippen molar-refractivity contribution >= 4 is 51.1 Å². The minimum atomic E-state index is -5.58. The van der Waals surface area contributed by atoms with Gasteiger partial charge < -0.3 is 55.9 Å². The Kier molecular flexibility index (Phi) is 36.7. The van der Waals surface area contributed by atoms with Crippen LogP contribution in [0.25, 0.3) is 0 Å². The second-order valence-corrected chi connectivity index (χ2v) is 24.0. The number of phosphoric acid groups is 2. The third kappa shape index (κ3) is 32.6. The van der Waals surface area contributed by atoms with Crippen LogP contribution in [0, 0.1) is 5.92 Å². The lowest BCUT2D eigenvalue weighted by Crippen LogP contribution is -2.40. The Morgan fingerprint density at radius 2 is 1.46 bits per heavy atom. The summed E-state index contributed by atoms with van der Waals surface area (Å²) in [6.07, 6.45) is 26.8. The highest BCUT2D eigenvalue weighted by Gasteiger charge is 2.46. The zero-order chi connectivity index (χ0) is 57.8. The number of carboxylic acids is 1. The molecule has 2 rings (SSSR count). The van der Waals surface area contributed by atoms with Crippen LogP contribution >= 0.6 is 27.4 Å². The van der Waals surface area contributed by atoms with Gasteiger partial charge in [0.1, 0.15) is 36.8 Å². The Morgan fingerprint density at radius 3 is 2.10 bits per heavy atom. The number of aliphatic hydroxyl groups excluding tert-OH is 3. The fourth-order valence-electron chi connectivity index (χ4n) is 7.92.